The molecule has 0 saturated heterocycles. The monoisotopic (exact) mass is 561 g/mol. The number of carbonyl (C=O) groups excluding carboxylic acids is 1. The van der Waals surface area contributed by atoms with Gasteiger partial charge in [-0.3, -0.25) is 4.79 Å². The van der Waals surface area contributed by atoms with Gasteiger partial charge >= 0.3 is 0 Å². The topological polar surface area (TPSA) is 35.5 Å². The molecule has 2 aromatic rings. The zero-order chi connectivity index (χ0) is 29.0. The minimum absolute atomic E-state index is 0. The van der Waals surface area contributed by atoms with E-state index in [9.17, 15) is 4.79 Å². The van der Waals surface area contributed by atoms with E-state index in [0.717, 1.165) is 52.9 Å². The molecule has 0 heterocycles. The molecule has 0 N–H and O–H groups in total. The van der Waals surface area contributed by atoms with E-state index in [2.05, 4.69) is 80.5 Å². The maximum Gasteiger partial charge on any atom is 0.186 e. The summed E-state index contributed by atoms with van der Waals surface area (Å²) < 4.78 is 12.7. The van der Waals surface area contributed by atoms with Crippen LogP contribution < -0.4 is 14.8 Å². The molecule has 0 aliphatic carbocycles. The zero-order valence-corrected chi connectivity index (χ0v) is 28.3. The summed E-state index contributed by atoms with van der Waals surface area (Å²) in [4.78, 5) is 13.7. The van der Waals surface area contributed by atoms with Crippen LogP contribution in [0.2, 0.25) is 0 Å². The van der Waals surface area contributed by atoms with Gasteiger partial charge in [0.25, 0.3) is 0 Å². The van der Waals surface area contributed by atoms with Crippen molar-refractivity contribution in [2.45, 2.75) is 119 Å². The van der Waals surface area contributed by atoms with E-state index in [1.807, 2.05) is 12.1 Å². The first kappa shape index (κ1) is 36.8. The van der Waals surface area contributed by atoms with Crippen molar-refractivity contribution in [3.8, 4) is 11.5 Å². The largest absolute Gasteiger partial charge is 0.493 e. The fourth-order valence-electron chi connectivity index (χ4n) is 4.97. The van der Waals surface area contributed by atoms with Gasteiger partial charge in [-0.15, -0.1) is 0 Å². The molecule has 3 unspecified atom stereocenters. The first-order chi connectivity index (χ1) is 18.5. The third-order valence-corrected chi connectivity index (χ3v) is 9.03. The first-order valence-corrected chi connectivity index (χ1v) is 16.4. The normalized spacial score (nSPS) is 13.2. The van der Waals surface area contributed by atoms with Crippen LogP contribution in [0.1, 0.15) is 127 Å². The standard InChI is InChI=1S/C35H55O3P.Li/c1-10-14-16-27(12-3)23-37-30-18-19-32(31(22-30)38-24-28(13-4)17-15-11-2)39-34(36)33-25(5)20-29(21-26(33)6)35(7,8)9;/h18-22,27-28,39H,10-17,23-24H2,1-9H3;. The van der Waals surface area contributed by atoms with Crippen LogP contribution in [0.15, 0.2) is 30.3 Å². The first-order valence-electron chi connectivity index (χ1n) is 15.4. The number of ether oxygens (including phenoxy) is 2. The van der Waals surface area contributed by atoms with Gasteiger partial charge in [0.05, 0.1) is 13.2 Å². The van der Waals surface area contributed by atoms with Crippen molar-refractivity contribution in [1.29, 1.82) is 0 Å². The van der Waals surface area contributed by atoms with Crippen molar-refractivity contribution in [2.75, 3.05) is 13.2 Å². The average Bonchev–Trinajstić information content (AvgIpc) is 2.89. The van der Waals surface area contributed by atoms with Gasteiger partial charge in [0.15, 0.2) is 5.52 Å². The third-order valence-electron chi connectivity index (χ3n) is 7.87. The molecule has 0 aromatic heterocycles. The summed E-state index contributed by atoms with van der Waals surface area (Å²) in [6, 6.07) is 10.5. The molecule has 40 heavy (non-hydrogen) atoms. The van der Waals surface area contributed by atoms with E-state index >= 15 is 0 Å². The second-order valence-electron chi connectivity index (χ2n) is 12.3. The van der Waals surface area contributed by atoms with Crippen molar-refractivity contribution in [1.82, 2.24) is 0 Å². The Balaban J connectivity index is 0.00000800. The van der Waals surface area contributed by atoms with Crippen molar-refractivity contribution < 1.29 is 14.3 Å². The zero-order valence-electron chi connectivity index (χ0n) is 27.3. The summed E-state index contributed by atoms with van der Waals surface area (Å²) in [5.74, 6) is 2.73. The summed E-state index contributed by atoms with van der Waals surface area (Å²) in [5.41, 5.74) is 4.46. The molecule has 0 amide bonds. The average molecular weight is 562 g/mol. The van der Waals surface area contributed by atoms with E-state index in [-0.39, 0.29) is 38.4 Å². The molecular formula is C35H55LiO3P. The maximum absolute atomic E-state index is 13.7. The number of benzene rings is 2. The molecular weight excluding hydrogens is 506 g/mol. The fraction of sp³-hybridized carbons (Fsp3) is 0.629. The Bertz CT molecular complexity index is 1020. The van der Waals surface area contributed by atoms with Crippen molar-refractivity contribution in [3.63, 3.8) is 0 Å². The fourth-order valence-corrected chi connectivity index (χ4v) is 6.17. The minimum atomic E-state index is 0. The van der Waals surface area contributed by atoms with Gasteiger partial charge in [0, 0.05) is 35.8 Å². The molecule has 5 heteroatoms. The van der Waals surface area contributed by atoms with Crippen molar-refractivity contribution in [3.05, 3.63) is 52.6 Å². The van der Waals surface area contributed by atoms with E-state index in [0.29, 0.717) is 18.4 Å². The quantitative estimate of drug-likeness (QED) is 0.142. The van der Waals surface area contributed by atoms with Gasteiger partial charge in [0.2, 0.25) is 0 Å². The van der Waals surface area contributed by atoms with Gasteiger partial charge in [0.1, 0.15) is 11.5 Å². The number of rotatable bonds is 17. The minimum Gasteiger partial charge on any atom is -0.493 e. The Morgan fingerprint density at radius 1 is 0.825 bits per heavy atom. The molecule has 0 spiro atoms. The predicted molar refractivity (Wildman–Crippen MR) is 177 cm³/mol. The molecule has 2 rings (SSSR count). The predicted octanol–water partition coefficient (Wildman–Crippen LogP) is 9.55. The molecule has 219 valence electrons. The van der Waals surface area contributed by atoms with Gasteiger partial charge in [-0.2, -0.15) is 0 Å². The van der Waals surface area contributed by atoms with Crippen LogP contribution in [0.3, 0.4) is 0 Å². The molecule has 0 saturated carbocycles. The Labute approximate surface area is 259 Å². The molecule has 0 aliphatic rings. The van der Waals surface area contributed by atoms with Crippen molar-refractivity contribution in [2.24, 2.45) is 11.8 Å². The van der Waals surface area contributed by atoms with Gasteiger partial charge in [-0.1, -0.05) is 99.1 Å². The summed E-state index contributed by atoms with van der Waals surface area (Å²) in [6.45, 7) is 21.1. The van der Waals surface area contributed by atoms with Crippen LogP contribution in [-0.2, 0) is 5.41 Å². The third kappa shape index (κ3) is 11.5. The number of aryl methyl sites for hydroxylation is 2. The number of carbonyl (C=O) groups is 1. The van der Waals surface area contributed by atoms with Crippen LogP contribution in [0.5, 0.6) is 11.5 Å². The maximum atomic E-state index is 13.7. The Morgan fingerprint density at radius 3 is 1.82 bits per heavy atom. The molecule has 2 aromatic carbocycles. The smallest absolute Gasteiger partial charge is 0.186 e. The molecule has 0 bridgehead atoms. The SMILES string of the molecule is CCCCC(CC)COc1ccc(PC(=O)c2c(C)cc(C(C)(C)C)cc2C)c(OCC(CC)CCCC)c1.[Li]. The second-order valence-corrected chi connectivity index (χ2v) is 13.5. The molecule has 3 nitrogen and oxygen atoms in total. The van der Waals surface area contributed by atoms with Gasteiger partial charge in [-0.05, 0) is 81.3 Å². The van der Waals surface area contributed by atoms with Crippen LogP contribution in [0.25, 0.3) is 0 Å². The number of hydrogen-bond donors (Lipinski definition) is 0. The number of unbranched alkanes of at least 4 members (excludes halogenated alkanes) is 2. The van der Waals surface area contributed by atoms with Crippen LogP contribution in [-0.4, -0.2) is 37.6 Å². The van der Waals surface area contributed by atoms with Crippen LogP contribution in [0.4, 0.5) is 0 Å². The molecule has 1 radical (unpaired) electrons. The van der Waals surface area contributed by atoms with E-state index in [1.165, 1.54) is 44.1 Å². The van der Waals surface area contributed by atoms with E-state index in [4.69, 9.17) is 9.47 Å². The van der Waals surface area contributed by atoms with Crippen LogP contribution in [0, 0.1) is 25.7 Å². The Kier molecular flexibility index (Phi) is 16.8. The van der Waals surface area contributed by atoms with E-state index < -0.39 is 0 Å². The number of hydrogen-bond acceptors (Lipinski definition) is 3. The van der Waals surface area contributed by atoms with Gasteiger partial charge in [-0.25, -0.2) is 0 Å². The molecule has 3 atom stereocenters. The van der Waals surface area contributed by atoms with Crippen molar-refractivity contribution >= 4 is 38.3 Å². The Morgan fingerprint density at radius 2 is 1.35 bits per heavy atom. The molecule has 0 aliphatic heterocycles. The molecule has 0 fully saturated rings. The van der Waals surface area contributed by atoms with Crippen LogP contribution >= 0.6 is 8.58 Å². The van der Waals surface area contributed by atoms with Gasteiger partial charge < -0.3 is 9.47 Å². The Hall–Kier alpha value is -1.26. The summed E-state index contributed by atoms with van der Waals surface area (Å²) in [7, 11) is 0.0101. The summed E-state index contributed by atoms with van der Waals surface area (Å²) in [6.07, 6.45) is 9.47. The second kappa shape index (κ2) is 18.3. The summed E-state index contributed by atoms with van der Waals surface area (Å²) in [5, 5.41) is 0.967. The summed E-state index contributed by atoms with van der Waals surface area (Å²) >= 11 is 0. The van der Waals surface area contributed by atoms with E-state index in [1.54, 1.807) is 0 Å².